The summed E-state index contributed by atoms with van der Waals surface area (Å²) in [7, 11) is -2.37. The second kappa shape index (κ2) is 5.88. The molecule has 1 unspecified atom stereocenters. The van der Waals surface area contributed by atoms with Crippen LogP contribution in [0.1, 0.15) is 12.5 Å². The lowest BCUT2D eigenvalue weighted by atomic mass is 10.2. The van der Waals surface area contributed by atoms with E-state index in [2.05, 4.69) is 4.72 Å². The molecule has 1 aromatic carbocycles. The van der Waals surface area contributed by atoms with Gasteiger partial charge in [-0.3, -0.25) is 0 Å². The zero-order chi connectivity index (χ0) is 13.9. The van der Waals surface area contributed by atoms with Crippen LogP contribution in [0.5, 0.6) is 5.75 Å². The molecule has 0 aliphatic rings. The Morgan fingerprint density at radius 3 is 2.61 bits per heavy atom. The van der Waals surface area contributed by atoms with Crippen LogP contribution in [-0.2, 0) is 10.0 Å². The highest BCUT2D eigenvalue weighted by Crippen LogP contribution is 2.29. The number of methoxy groups -OCH3 is 1. The molecular formula is C11H16ClNO4S. The van der Waals surface area contributed by atoms with Gasteiger partial charge in [0.05, 0.1) is 13.2 Å². The summed E-state index contributed by atoms with van der Waals surface area (Å²) in [5, 5.41) is 9.44. The van der Waals surface area contributed by atoms with Crippen molar-refractivity contribution in [2.24, 2.45) is 0 Å². The van der Waals surface area contributed by atoms with Crippen molar-refractivity contribution in [1.29, 1.82) is 0 Å². The zero-order valence-electron chi connectivity index (χ0n) is 10.4. The first-order valence-corrected chi connectivity index (χ1v) is 7.16. The summed E-state index contributed by atoms with van der Waals surface area (Å²) in [5.41, 5.74) is 0.725. The van der Waals surface area contributed by atoms with E-state index in [1.54, 1.807) is 13.0 Å². The Morgan fingerprint density at radius 2 is 2.11 bits per heavy atom. The van der Waals surface area contributed by atoms with E-state index in [1.807, 2.05) is 0 Å². The summed E-state index contributed by atoms with van der Waals surface area (Å²) in [6, 6.07) is 2.89. The largest absolute Gasteiger partial charge is 0.495 e. The number of aryl methyl sites for hydroxylation is 1. The molecular weight excluding hydrogens is 278 g/mol. The van der Waals surface area contributed by atoms with Gasteiger partial charge < -0.3 is 9.84 Å². The number of halogens is 1. The molecule has 102 valence electrons. The van der Waals surface area contributed by atoms with E-state index in [0.29, 0.717) is 5.02 Å². The van der Waals surface area contributed by atoms with Gasteiger partial charge in [0.15, 0.2) is 0 Å². The molecule has 0 aromatic heterocycles. The average Bonchev–Trinajstić information content (AvgIpc) is 2.29. The number of ether oxygens (including phenoxy) is 1. The summed E-state index contributed by atoms with van der Waals surface area (Å²) >= 11 is 5.91. The van der Waals surface area contributed by atoms with Crippen molar-refractivity contribution in [3.05, 3.63) is 22.7 Å². The topological polar surface area (TPSA) is 75.6 Å². The van der Waals surface area contributed by atoms with Crippen LogP contribution in [0.25, 0.3) is 0 Å². The highest BCUT2D eigenvalue weighted by Gasteiger charge is 2.21. The van der Waals surface area contributed by atoms with Crippen molar-refractivity contribution in [2.45, 2.75) is 24.8 Å². The summed E-state index contributed by atoms with van der Waals surface area (Å²) in [4.78, 5) is -0.0405. The van der Waals surface area contributed by atoms with Crippen molar-refractivity contribution in [1.82, 2.24) is 4.72 Å². The SMILES string of the molecule is COc1cc(C)c(Cl)cc1S(=O)(=O)NCC(C)O. The number of rotatable bonds is 5. The van der Waals surface area contributed by atoms with Gasteiger partial charge in [-0.1, -0.05) is 11.6 Å². The zero-order valence-corrected chi connectivity index (χ0v) is 12.0. The Kier molecular flexibility index (Phi) is 4.98. The van der Waals surface area contributed by atoms with E-state index in [4.69, 9.17) is 21.4 Å². The third-order valence-corrected chi connectivity index (χ3v) is 4.16. The fraction of sp³-hybridized carbons (Fsp3) is 0.455. The molecule has 0 bridgehead atoms. The van der Waals surface area contributed by atoms with Crippen LogP contribution in [0.2, 0.25) is 5.02 Å². The van der Waals surface area contributed by atoms with E-state index >= 15 is 0 Å². The lowest BCUT2D eigenvalue weighted by Gasteiger charge is -2.13. The normalized spacial score (nSPS) is 13.4. The minimum atomic E-state index is -3.76. The first-order chi connectivity index (χ1) is 8.27. The molecule has 0 saturated heterocycles. The molecule has 1 atom stereocenters. The van der Waals surface area contributed by atoms with E-state index in [0.717, 1.165) is 5.56 Å². The molecule has 1 aromatic rings. The molecule has 0 heterocycles. The fourth-order valence-electron chi connectivity index (χ4n) is 1.31. The minimum absolute atomic E-state index is 0.0405. The van der Waals surface area contributed by atoms with E-state index in [-0.39, 0.29) is 17.2 Å². The first-order valence-electron chi connectivity index (χ1n) is 5.29. The quantitative estimate of drug-likeness (QED) is 0.858. The Labute approximate surface area is 112 Å². The Morgan fingerprint density at radius 1 is 1.50 bits per heavy atom. The molecule has 1 rings (SSSR count). The molecule has 7 heteroatoms. The highest BCUT2D eigenvalue weighted by molar-refractivity contribution is 7.89. The Bertz CT molecular complexity index is 528. The smallest absolute Gasteiger partial charge is 0.244 e. The maximum atomic E-state index is 12.0. The van der Waals surface area contributed by atoms with Gasteiger partial charge in [-0.2, -0.15) is 0 Å². The van der Waals surface area contributed by atoms with Gasteiger partial charge in [-0.05, 0) is 31.5 Å². The number of aliphatic hydroxyl groups is 1. The molecule has 5 nitrogen and oxygen atoms in total. The third kappa shape index (κ3) is 3.58. The predicted octanol–water partition coefficient (Wildman–Crippen LogP) is 1.32. The van der Waals surface area contributed by atoms with Crippen molar-refractivity contribution in [3.63, 3.8) is 0 Å². The first kappa shape index (κ1) is 15.2. The molecule has 0 fully saturated rings. The minimum Gasteiger partial charge on any atom is -0.495 e. The van der Waals surface area contributed by atoms with Crippen LogP contribution in [0, 0.1) is 6.92 Å². The molecule has 0 saturated carbocycles. The number of hydrogen-bond donors (Lipinski definition) is 2. The summed E-state index contributed by atoms with van der Waals surface area (Å²) in [6.07, 6.45) is -0.772. The van der Waals surface area contributed by atoms with E-state index < -0.39 is 16.1 Å². The Balaban J connectivity index is 3.19. The number of hydrogen-bond acceptors (Lipinski definition) is 4. The van der Waals surface area contributed by atoms with Crippen LogP contribution in [0.4, 0.5) is 0 Å². The number of benzene rings is 1. The van der Waals surface area contributed by atoms with Gasteiger partial charge in [0.2, 0.25) is 10.0 Å². The average molecular weight is 294 g/mol. The second-order valence-corrected chi connectivity index (χ2v) is 6.10. The number of sulfonamides is 1. The van der Waals surface area contributed by atoms with Crippen molar-refractivity contribution < 1.29 is 18.3 Å². The van der Waals surface area contributed by atoms with E-state index in [9.17, 15) is 8.42 Å². The standard InChI is InChI=1S/C11H16ClNO4S/c1-7-4-10(17-3)11(5-9(7)12)18(15,16)13-6-8(2)14/h4-5,8,13-14H,6H2,1-3H3. The second-order valence-electron chi connectivity index (χ2n) is 3.95. The summed E-state index contributed by atoms with van der Waals surface area (Å²) in [6.45, 7) is 3.17. The molecule has 0 amide bonds. The van der Waals surface area contributed by atoms with Gasteiger partial charge >= 0.3 is 0 Å². The van der Waals surface area contributed by atoms with Gasteiger partial charge in [-0.15, -0.1) is 0 Å². The number of nitrogens with one attached hydrogen (secondary N) is 1. The van der Waals surface area contributed by atoms with Gasteiger partial charge in [0.1, 0.15) is 10.6 Å². The van der Waals surface area contributed by atoms with Crippen LogP contribution < -0.4 is 9.46 Å². The molecule has 0 aliphatic carbocycles. The van der Waals surface area contributed by atoms with Crippen molar-refractivity contribution >= 4 is 21.6 Å². The molecule has 0 radical (unpaired) electrons. The van der Waals surface area contributed by atoms with Gasteiger partial charge in [0, 0.05) is 11.6 Å². The molecule has 0 aliphatic heterocycles. The lowest BCUT2D eigenvalue weighted by molar-refractivity contribution is 0.198. The van der Waals surface area contributed by atoms with Gasteiger partial charge in [0.25, 0.3) is 0 Å². The maximum Gasteiger partial charge on any atom is 0.244 e. The predicted molar refractivity (Wildman–Crippen MR) is 69.6 cm³/mol. The monoisotopic (exact) mass is 293 g/mol. The number of aliphatic hydroxyl groups excluding tert-OH is 1. The van der Waals surface area contributed by atoms with E-state index in [1.165, 1.54) is 20.1 Å². The molecule has 2 N–H and O–H groups in total. The van der Waals surface area contributed by atoms with Crippen LogP contribution in [-0.4, -0.2) is 33.3 Å². The van der Waals surface area contributed by atoms with Crippen LogP contribution in [0.3, 0.4) is 0 Å². The molecule has 0 spiro atoms. The molecule has 18 heavy (non-hydrogen) atoms. The summed E-state index contributed by atoms with van der Waals surface area (Å²) in [5.74, 6) is 0.218. The van der Waals surface area contributed by atoms with Crippen LogP contribution >= 0.6 is 11.6 Å². The summed E-state index contributed by atoms with van der Waals surface area (Å²) < 4.78 is 31.4. The van der Waals surface area contributed by atoms with Crippen LogP contribution in [0.15, 0.2) is 17.0 Å². The van der Waals surface area contributed by atoms with Crippen molar-refractivity contribution in [2.75, 3.05) is 13.7 Å². The fourth-order valence-corrected chi connectivity index (χ4v) is 2.84. The van der Waals surface area contributed by atoms with Crippen molar-refractivity contribution in [3.8, 4) is 5.75 Å². The third-order valence-electron chi connectivity index (χ3n) is 2.30. The lowest BCUT2D eigenvalue weighted by Crippen LogP contribution is -2.30. The Hall–Kier alpha value is -0.820. The highest BCUT2D eigenvalue weighted by atomic mass is 35.5. The van der Waals surface area contributed by atoms with Gasteiger partial charge in [-0.25, -0.2) is 13.1 Å². The maximum absolute atomic E-state index is 12.0.